The first-order valence-electron chi connectivity index (χ1n) is 10.3. The molecule has 0 aliphatic rings. The fourth-order valence-corrected chi connectivity index (χ4v) is 3.40. The van der Waals surface area contributed by atoms with Crippen molar-refractivity contribution in [2.45, 2.75) is 33.5 Å². The second kappa shape index (κ2) is 5.69. The summed E-state index contributed by atoms with van der Waals surface area (Å²) in [5.41, 5.74) is 4.64. The number of furan rings is 1. The number of hydrogen-bond acceptors (Lipinski definition) is 2. The van der Waals surface area contributed by atoms with Crippen molar-refractivity contribution in [3.8, 4) is 11.3 Å². The van der Waals surface area contributed by atoms with Gasteiger partial charge in [-0.3, -0.25) is 0 Å². The van der Waals surface area contributed by atoms with Gasteiger partial charge in [-0.15, -0.1) is 0 Å². The molecule has 0 amide bonds. The second-order valence-corrected chi connectivity index (χ2v) is 6.69. The Balaban J connectivity index is 2.10. The standard InChI is InChI=1S/C22H23N2O/c1-13(2)18-11-19(24(5)12-15(18)4)20-14(3)8-9-16-17-7-6-10-23-22(17)25-21(16)20/h6-13H,1-5H3/q+1/i4D3,13D. The summed E-state index contributed by atoms with van der Waals surface area (Å²) in [4.78, 5) is 4.33. The molecule has 0 atom stereocenters. The van der Waals surface area contributed by atoms with Gasteiger partial charge in [0.05, 0.1) is 5.56 Å². The molecule has 0 aliphatic heterocycles. The second-order valence-electron chi connectivity index (χ2n) is 6.69. The summed E-state index contributed by atoms with van der Waals surface area (Å²) in [5, 5.41) is 1.90. The zero-order valence-electron chi connectivity index (χ0n) is 18.8. The monoisotopic (exact) mass is 335 g/mol. The van der Waals surface area contributed by atoms with Crippen molar-refractivity contribution in [2.75, 3.05) is 0 Å². The van der Waals surface area contributed by atoms with Crippen molar-refractivity contribution in [1.82, 2.24) is 4.98 Å². The molecule has 0 aliphatic carbocycles. The third-order valence-electron chi connectivity index (χ3n) is 4.69. The summed E-state index contributed by atoms with van der Waals surface area (Å²) >= 11 is 0. The van der Waals surface area contributed by atoms with E-state index >= 15 is 0 Å². The van der Waals surface area contributed by atoms with E-state index < -0.39 is 12.7 Å². The van der Waals surface area contributed by atoms with Crippen LogP contribution >= 0.6 is 0 Å². The topological polar surface area (TPSA) is 29.9 Å². The minimum Gasteiger partial charge on any atom is -0.437 e. The van der Waals surface area contributed by atoms with E-state index in [-0.39, 0.29) is 5.56 Å². The molecule has 3 nitrogen and oxygen atoms in total. The molecule has 0 bridgehead atoms. The lowest BCUT2D eigenvalue weighted by Gasteiger charge is -2.12. The zero-order valence-corrected chi connectivity index (χ0v) is 14.8. The molecule has 4 rings (SSSR count). The van der Waals surface area contributed by atoms with Crippen molar-refractivity contribution >= 4 is 22.1 Å². The maximum atomic E-state index is 8.54. The molecule has 0 N–H and O–H groups in total. The molecule has 0 unspecified atom stereocenters. The number of aromatic nitrogens is 2. The Labute approximate surface area is 153 Å². The molecule has 0 fully saturated rings. The lowest BCUT2D eigenvalue weighted by molar-refractivity contribution is -0.660. The molecule has 25 heavy (non-hydrogen) atoms. The van der Waals surface area contributed by atoms with E-state index in [1.165, 1.54) is 0 Å². The van der Waals surface area contributed by atoms with Crippen LogP contribution in [0.1, 0.15) is 41.9 Å². The summed E-state index contributed by atoms with van der Waals surface area (Å²) in [5.74, 6) is -1.07. The predicted molar refractivity (Wildman–Crippen MR) is 102 cm³/mol. The van der Waals surface area contributed by atoms with Crippen molar-refractivity contribution in [3.63, 3.8) is 0 Å². The van der Waals surface area contributed by atoms with Crippen LogP contribution in [0.4, 0.5) is 0 Å². The normalized spacial score (nSPS) is 15.0. The van der Waals surface area contributed by atoms with Crippen LogP contribution in [0, 0.1) is 13.8 Å². The van der Waals surface area contributed by atoms with Gasteiger partial charge in [0.25, 0.3) is 0 Å². The van der Waals surface area contributed by atoms with Crippen molar-refractivity contribution in [1.29, 1.82) is 0 Å². The van der Waals surface area contributed by atoms with Gasteiger partial charge in [0, 0.05) is 34.1 Å². The lowest BCUT2D eigenvalue weighted by atomic mass is 9.94. The molecule has 0 saturated carbocycles. The van der Waals surface area contributed by atoms with Crippen LogP contribution < -0.4 is 4.57 Å². The van der Waals surface area contributed by atoms with E-state index in [0.29, 0.717) is 16.9 Å². The molecule has 3 heteroatoms. The molecule has 3 heterocycles. The van der Waals surface area contributed by atoms with Gasteiger partial charge in [0.1, 0.15) is 7.05 Å². The molecule has 1 aromatic carbocycles. The summed E-state index contributed by atoms with van der Waals surface area (Å²) in [6.07, 6.45) is 3.32. The molecular weight excluding hydrogens is 308 g/mol. The summed E-state index contributed by atoms with van der Waals surface area (Å²) in [7, 11) is 1.82. The fourth-order valence-electron chi connectivity index (χ4n) is 3.40. The summed E-state index contributed by atoms with van der Waals surface area (Å²) in [6.45, 7) is 3.12. The van der Waals surface area contributed by atoms with Crippen LogP contribution in [0.5, 0.6) is 0 Å². The first-order chi connectivity index (χ1) is 13.5. The van der Waals surface area contributed by atoms with Crippen LogP contribution in [-0.2, 0) is 7.05 Å². The largest absolute Gasteiger partial charge is 0.437 e. The minimum absolute atomic E-state index is 0.194. The smallest absolute Gasteiger partial charge is 0.227 e. The highest BCUT2D eigenvalue weighted by Gasteiger charge is 2.22. The van der Waals surface area contributed by atoms with E-state index in [1.54, 1.807) is 30.8 Å². The van der Waals surface area contributed by atoms with Crippen LogP contribution in [0.15, 0.2) is 47.1 Å². The zero-order chi connectivity index (χ0) is 21.1. The third-order valence-corrected chi connectivity index (χ3v) is 4.69. The van der Waals surface area contributed by atoms with E-state index in [4.69, 9.17) is 9.90 Å². The van der Waals surface area contributed by atoms with Gasteiger partial charge >= 0.3 is 0 Å². The highest BCUT2D eigenvalue weighted by molar-refractivity contribution is 6.08. The Morgan fingerprint density at radius 1 is 1.20 bits per heavy atom. The highest BCUT2D eigenvalue weighted by atomic mass is 16.3. The Kier molecular flexibility index (Phi) is 2.69. The van der Waals surface area contributed by atoms with Gasteiger partial charge in [-0.1, -0.05) is 26.0 Å². The number of rotatable bonds is 2. The molecule has 3 aromatic heterocycles. The SMILES string of the molecule is [2H]C([2H])([2H])c1c[n+](C)c(-c2c(C)ccc3c2oc2ncccc23)cc1C([2H])(C)C. The quantitative estimate of drug-likeness (QED) is 0.471. The molecule has 0 saturated heterocycles. The first-order valence-corrected chi connectivity index (χ1v) is 8.30. The fraction of sp³-hybridized carbons (Fsp3) is 0.273. The van der Waals surface area contributed by atoms with Crippen LogP contribution in [-0.4, -0.2) is 4.98 Å². The molecule has 4 aromatic rings. The van der Waals surface area contributed by atoms with Gasteiger partial charge < -0.3 is 4.42 Å². The van der Waals surface area contributed by atoms with Gasteiger partial charge in [-0.2, -0.15) is 0 Å². The number of hydrogen-bond donors (Lipinski definition) is 0. The summed E-state index contributed by atoms with van der Waals surface area (Å²) < 4.78 is 40.2. The molecule has 0 spiro atoms. The average molecular weight is 335 g/mol. The first kappa shape index (κ1) is 11.8. The number of aryl methyl sites for hydroxylation is 3. The van der Waals surface area contributed by atoms with Gasteiger partial charge in [-0.25, -0.2) is 9.55 Å². The van der Waals surface area contributed by atoms with Crippen LogP contribution in [0.3, 0.4) is 0 Å². The average Bonchev–Trinajstić information content (AvgIpc) is 2.98. The number of pyridine rings is 2. The van der Waals surface area contributed by atoms with Crippen molar-refractivity contribution < 1.29 is 14.5 Å². The third kappa shape index (κ3) is 2.42. The number of nitrogens with zero attached hydrogens (tertiary/aromatic N) is 2. The lowest BCUT2D eigenvalue weighted by Crippen LogP contribution is -2.32. The van der Waals surface area contributed by atoms with Gasteiger partial charge in [0.15, 0.2) is 11.8 Å². The molecular formula is C22H23N2O+. The molecule has 126 valence electrons. The Morgan fingerprint density at radius 2 is 2.04 bits per heavy atom. The van der Waals surface area contributed by atoms with Crippen molar-refractivity contribution in [2.24, 2.45) is 7.05 Å². The number of fused-ring (bicyclic) bond motifs is 3. The maximum Gasteiger partial charge on any atom is 0.227 e. The van der Waals surface area contributed by atoms with Gasteiger partial charge in [-0.05, 0) is 42.9 Å². The summed E-state index contributed by atoms with van der Waals surface area (Å²) in [6, 6.07) is 9.72. The van der Waals surface area contributed by atoms with E-state index in [0.717, 1.165) is 27.6 Å². The van der Waals surface area contributed by atoms with E-state index in [9.17, 15) is 0 Å². The Bertz CT molecular complexity index is 1250. The van der Waals surface area contributed by atoms with Crippen molar-refractivity contribution in [3.05, 3.63) is 59.4 Å². The van der Waals surface area contributed by atoms with E-state index in [1.807, 2.05) is 44.3 Å². The molecule has 0 radical (unpaired) electrons. The van der Waals surface area contributed by atoms with E-state index in [2.05, 4.69) is 4.98 Å². The Morgan fingerprint density at radius 3 is 2.80 bits per heavy atom. The number of benzene rings is 1. The Hall–Kier alpha value is -2.68. The predicted octanol–water partition coefficient (Wildman–Crippen LogP) is 5.21. The van der Waals surface area contributed by atoms with Crippen LogP contribution in [0.2, 0.25) is 0 Å². The minimum atomic E-state index is -2.30. The van der Waals surface area contributed by atoms with Gasteiger partial charge in [0.2, 0.25) is 11.4 Å². The maximum absolute atomic E-state index is 8.54. The highest BCUT2D eigenvalue weighted by Crippen LogP contribution is 2.36. The van der Waals surface area contributed by atoms with Crippen LogP contribution in [0.25, 0.3) is 33.3 Å².